The van der Waals surface area contributed by atoms with Gasteiger partial charge in [0, 0.05) is 23.9 Å². The predicted octanol–water partition coefficient (Wildman–Crippen LogP) is 4.79. The lowest BCUT2D eigenvalue weighted by Crippen LogP contribution is -2.40. The molecule has 2 aromatic rings. The number of carbonyl (C=O) groups is 1. The highest BCUT2D eigenvalue weighted by atomic mass is 35.5. The van der Waals surface area contributed by atoms with Crippen LogP contribution in [0.2, 0.25) is 5.02 Å². The van der Waals surface area contributed by atoms with Crippen molar-refractivity contribution in [1.29, 1.82) is 0 Å². The predicted molar refractivity (Wildman–Crippen MR) is 114 cm³/mol. The monoisotopic (exact) mass is 424 g/mol. The molecule has 1 aromatic heterocycles. The molecule has 5 nitrogen and oxygen atoms in total. The molecule has 2 heterocycles. The molecular weight excluding hydrogens is 400 g/mol. The molecule has 1 N–H and O–H groups in total. The number of halogens is 1. The Hall–Kier alpha value is -1.15. The Labute approximate surface area is 173 Å². The van der Waals surface area contributed by atoms with E-state index in [1.165, 1.54) is 11.3 Å². The fourth-order valence-electron chi connectivity index (χ4n) is 3.04. The molecule has 27 heavy (non-hydrogen) atoms. The molecule has 0 bridgehead atoms. The van der Waals surface area contributed by atoms with Gasteiger partial charge in [-0.25, -0.2) is 0 Å². The molecule has 1 fully saturated rings. The number of piperidine rings is 1. The van der Waals surface area contributed by atoms with Crippen molar-refractivity contribution in [3.05, 3.63) is 34.9 Å². The summed E-state index contributed by atoms with van der Waals surface area (Å²) >= 11 is 9.41. The molecule has 0 unspecified atom stereocenters. The molecule has 0 spiro atoms. The molecular formula is C19H25ClN4OS2. The molecule has 1 amide bonds. The second kappa shape index (κ2) is 9.87. The number of hydrogen-bond acceptors (Lipinski definition) is 6. The van der Waals surface area contributed by atoms with Gasteiger partial charge in [-0.2, -0.15) is 0 Å². The summed E-state index contributed by atoms with van der Waals surface area (Å²) in [5, 5.41) is 12.6. The maximum Gasteiger partial charge on any atom is 0.230 e. The minimum atomic E-state index is -0.0306. The van der Waals surface area contributed by atoms with Gasteiger partial charge < -0.3 is 5.32 Å². The van der Waals surface area contributed by atoms with Gasteiger partial charge in [0.15, 0.2) is 4.34 Å². The summed E-state index contributed by atoms with van der Waals surface area (Å²) in [5.41, 5.74) is 1.11. The standard InChI is InChI=1S/C19H25ClN4OS2/c1-13(2)12-26-19-23-22-18(27-19)21-17(25)15-7-5-9-24(11-15)10-14-6-3-4-8-16(14)20/h3-4,6,8,13,15H,5,7,9-12H2,1-2H3,(H,21,22,25)/t15-/m0/s1. The summed E-state index contributed by atoms with van der Waals surface area (Å²) < 4.78 is 0.906. The number of aromatic nitrogens is 2. The molecule has 0 radical (unpaired) electrons. The number of nitrogens with zero attached hydrogens (tertiary/aromatic N) is 3. The lowest BCUT2D eigenvalue weighted by molar-refractivity contribution is -0.121. The van der Waals surface area contributed by atoms with E-state index in [9.17, 15) is 4.79 Å². The molecule has 146 valence electrons. The number of benzene rings is 1. The van der Waals surface area contributed by atoms with Gasteiger partial charge in [0.25, 0.3) is 0 Å². The molecule has 8 heteroatoms. The lowest BCUT2D eigenvalue weighted by Gasteiger charge is -2.32. The molecule has 1 aliphatic heterocycles. The summed E-state index contributed by atoms with van der Waals surface area (Å²) in [6.45, 7) is 6.86. The van der Waals surface area contributed by atoms with E-state index in [1.807, 2.05) is 24.3 Å². The van der Waals surface area contributed by atoms with Gasteiger partial charge in [-0.3, -0.25) is 9.69 Å². The molecule has 1 aromatic carbocycles. The fraction of sp³-hybridized carbons (Fsp3) is 0.526. The zero-order chi connectivity index (χ0) is 19.2. The quantitative estimate of drug-likeness (QED) is 0.511. The number of carbonyl (C=O) groups excluding carboxylic acids is 1. The van der Waals surface area contributed by atoms with Crippen molar-refractivity contribution in [2.45, 2.75) is 37.6 Å². The van der Waals surface area contributed by atoms with Gasteiger partial charge in [-0.15, -0.1) is 10.2 Å². The Morgan fingerprint density at radius 3 is 3.00 bits per heavy atom. The maximum absolute atomic E-state index is 12.7. The molecule has 0 aliphatic carbocycles. The Bertz CT molecular complexity index is 768. The molecule has 0 saturated carbocycles. The van der Waals surface area contributed by atoms with Crippen molar-refractivity contribution in [1.82, 2.24) is 15.1 Å². The smallest absolute Gasteiger partial charge is 0.230 e. The van der Waals surface area contributed by atoms with Gasteiger partial charge in [-0.1, -0.05) is 66.7 Å². The first kappa shape index (κ1) is 20.6. The van der Waals surface area contributed by atoms with Crippen LogP contribution in [0.5, 0.6) is 0 Å². The SMILES string of the molecule is CC(C)CSc1nnc(NC(=O)[C@H]2CCCN(Cc3ccccc3Cl)C2)s1. The Balaban J connectivity index is 1.53. The minimum absolute atomic E-state index is 0.0306. The van der Waals surface area contributed by atoms with Crippen molar-refractivity contribution in [3.63, 3.8) is 0 Å². The summed E-state index contributed by atoms with van der Waals surface area (Å²) in [5.74, 6) is 1.61. The van der Waals surface area contributed by atoms with Gasteiger partial charge in [0.2, 0.25) is 11.0 Å². The van der Waals surface area contributed by atoms with Crippen LogP contribution < -0.4 is 5.32 Å². The first-order chi connectivity index (χ1) is 13.0. The van der Waals surface area contributed by atoms with E-state index in [-0.39, 0.29) is 11.8 Å². The van der Waals surface area contributed by atoms with Gasteiger partial charge in [-0.05, 0) is 36.9 Å². The van der Waals surface area contributed by atoms with Crippen LogP contribution in [0.15, 0.2) is 28.6 Å². The summed E-state index contributed by atoms with van der Waals surface area (Å²) in [6, 6.07) is 7.90. The van der Waals surface area contributed by atoms with Crippen LogP contribution in [0, 0.1) is 11.8 Å². The summed E-state index contributed by atoms with van der Waals surface area (Å²) in [7, 11) is 0. The molecule has 1 saturated heterocycles. The molecule has 1 aliphatic rings. The second-order valence-electron chi connectivity index (χ2n) is 7.23. The van der Waals surface area contributed by atoms with Crippen molar-refractivity contribution in [3.8, 4) is 0 Å². The van der Waals surface area contributed by atoms with Crippen LogP contribution in [-0.2, 0) is 11.3 Å². The molecule has 3 rings (SSSR count). The van der Waals surface area contributed by atoms with E-state index >= 15 is 0 Å². The topological polar surface area (TPSA) is 58.1 Å². The third-order valence-electron chi connectivity index (χ3n) is 4.40. The van der Waals surface area contributed by atoms with Crippen molar-refractivity contribution < 1.29 is 4.79 Å². The third-order valence-corrected chi connectivity index (χ3v) is 7.17. The number of likely N-dealkylation sites (tertiary alicyclic amines) is 1. The number of rotatable bonds is 7. The summed E-state index contributed by atoms with van der Waals surface area (Å²) in [6.07, 6.45) is 1.91. The highest BCUT2D eigenvalue weighted by Crippen LogP contribution is 2.28. The molecule has 1 atom stereocenters. The van der Waals surface area contributed by atoms with E-state index in [0.29, 0.717) is 11.0 Å². The van der Waals surface area contributed by atoms with Gasteiger partial charge >= 0.3 is 0 Å². The Morgan fingerprint density at radius 1 is 1.41 bits per heavy atom. The first-order valence-corrected chi connectivity index (χ1v) is 11.4. The van der Waals surface area contributed by atoms with Crippen LogP contribution in [-0.4, -0.2) is 39.8 Å². The number of anilines is 1. The first-order valence-electron chi connectivity index (χ1n) is 9.24. The van der Waals surface area contributed by atoms with Crippen LogP contribution in [0.4, 0.5) is 5.13 Å². The lowest BCUT2D eigenvalue weighted by atomic mass is 9.97. The fourth-order valence-corrected chi connectivity index (χ4v) is 4.97. The Kier molecular flexibility index (Phi) is 7.52. The van der Waals surface area contributed by atoms with Crippen molar-refractivity contribution in [2.75, 3.05) is 24.2 Å². The Morgan fingerprint density at radius 2 is 2.22 bits per heavy atom. The number of nitrogens with one attached hydrogen (secondary N) is 1. The number of thioether (sulfide) groups is 1. The average Bonchev–Trinajstić information content (AvgIpc) is 3.09. The van der Waals surface area contributed by atoms with Crippen molar-refractivity contribution in [2.24, 2.45) is 11.8 Å². The maximum atomic E-state index is 12.7. The van der Waals surface area contributed by atoms with Crippen LogP contribution in [0.25, 0.3) is 0 Å². The van der Waals surface area contributed by atoms with E-state index in [4.69, 9.17) is 11.6 Å². The third kappa shape index (κ3) is 6.17. The average molecular weight is 425 g/mol. The van der Waals surface area contributed by atoms with Crippen LogP contribution in [0.3, 0.4) is 0 Å². The number of amides is 1. The number of hydrogen-bond donors (Lipinski definition) is 1. The largest absolute Gasteiger partial charge is 0.300 e. The highest BCUT2D eigenvalue weighted by molar-refractivity contribution is 8.01. The van der Waals surface area contributed by atoms with E-state index in [0.717, 1.165) is 53.2 Å². The minimum Gasteiger partial charge on any atom is -0.300 e. The van der Waals surface area contributed by atoms with E-state index in [1.54, 1.807) is 11.8 Å². The van der Waals surface area contributed by atoms with E-state index < -0.39 is 0 Å². The summed E-state index contributed by atoms with van der Waals surface area (Å²) in [4.78, 5) is 15.0. The van der Waals surface area contributed by atoms with Crippen molar-refractivity contribution >= 4 is 45.7 Å². The van der Waals surface area contributed by atoms with Crippen LogP contribution >= 0.6 is 34.7 Å². The zero-order valence-electron chi connectivity index (χ0n) is 15.7. The van der Waals surface area contributed by atoms with Crippen LogP contribution in [0.1, 0.15) is 32.3 Å². The van der Waals surface area contributed by atoms with Gasteiger partial charge in [0.05, 0.1) is 5.92 Å². The highest BCUT2D eigenvalue weighted by Gasteiger charge is 2.27. The normalized spacial score (nSPS) is 18.0. The van der Waals surface area contributed by atoms with E-state index in [2.05, 4.69) is 34.3 Å². The zero-order valence-corrected chi connectivity index (χ0v) is 18.0. The second-order valence-corrected chi connectivity index (χ2v) is 9.88. The van der Waals surface area contributed by atoms with Gasteiger partial charge in [0.1, 0.15) is 0 Å².